The van der Waals surface area contributed by atoms with Crippen LogP contribution in [0, 0.1) is 0 Å². The standard InChI is InChI=1S/C13H12F6O3/c1-2-8-3-5-9(6-4-8)7-22-10(20)11(21,12(14,15)16)13(17,18)19/h3-6,21H,2,7H2,1H3. The van der Waals surface area contributed by atoms with Gasteiger partial charge in [-0.2, -0.15) is 26.3 Å². The minimum absolute atomic E-state index is 0.192. The van der Waals surface area contributed by atoms with E-state index in [0.29, 0.717) is 6.42 Å². The van der Waals surface area contributed by atoms with Crippen molar-refractivity contribution >= 4 is 5.97 Å². The second kappa shape index (κ2) is 6.15. The Morgan fingerprint density at radius 3 is 1.77 bits per heavy atom. The molecule has 1 aromatic rings. The van der Waals surface area contributed by atoms with Crippen LogP contribution < -0.4 is 0 Å². The van der Waals surface area contributed by atoms with E-state index in [1.54, 1.807) is 12.1 Å². The van der Waals surface area contributed by atoms with Crippen LogP contribution in [0.5, 0.6) is 0 Å². The van der Waals surface area contributed by atoms with Gasteiger partial charge in [0.25, 0.3) is 0 Å². The average Bonchev–Trinajstić information content (AvgIpc) is 2.41. The number of hydrogen-bond donors (Lipinski definition) is 1. The molecule has 0 fully saturated rings. The van der Waals surface area contributed by atoms with Crippen LogP contribution in [0.4, 0.5) is 26.3 Å². The Kier molecular flexibility index (Phi) is 5.11. The number of rotatable bonds is 4. The molecule has 1 rings (SSSR count). The van der Waals surface area contributed by atoms with Gasteiger partial charge in [0.1, 0.15) is 6.61 Å². The van der Waals surface area contributed by atoms with Gasteiger partial charge in [0.15, 0.2) is 0 Å². The van der Waals surface area contributed by atoms with E-state index in [1.165, 1.54) is 12.1 Å². The van der Waals surface area contributed by atoms with Gasteiger partial charge >= 0.3 is 23.9 Å². The highest BCUT2D eigenvalue weighted by Gasteiger charge is 2.76. The lowest BCUT2D eigenvalue weighted by atomic mass is 10.0. The van der Waals surface area contributed by atoms with Crippen LogP contribution in [0.1, 0.15) is 18.1 Å². The Hall–Kier alpha value is -1.77. The van der Waals surface area contributed by atoms with Crippen molar-refractivity contribution in [2.75, 3.05) is 0 Å². The first kappa shape index (κ1) is 18.3. The Bertz CT molecular complexity index is 504. The third kappa shape index (κ3) is 3.52. The normalized spacial score (nSPS) is 13.1. The van der Waals surface area contributed by atoms with E-state index in [9.17, 15) is 31.1 Å². The SMILES string of the molecule is CCc1ccc(COC(=O)C(O)(C(F)(F)F)C(F)(F)F)cc1. The zero-order chi connectivity index (χ0) is 17.2. The van der Waals surface area contributed by atoms with Crippen LogP contribution in [0.3, 0.4) is 0 Å². The monoisotopic (exact) mass is 330 g/mol. The molecular weight excluding hydrogens is 318 g/mol. The molecule has 0 unspecified atom stereocenters. The molecule has 0 radical (unpaired) electrons. The Labute approximate surface area is 121 Å². The van der Waals surface area contributed by atoms with E-state index in [0.717, 1.165) is 5.56 Å². The van der Waals surface area contributed by atoms with Gasteiger partial charge in [0.05, 0.1) is 0 Å². The lowest BCUT2D eigenvalue weighted by Crippen LogP contribution is -2.62. The molecule has 0 spiro atoms. The van der Waals surface area contributed by atoms with Crippen LogP contribution in [-0.2, 0) is 22.6 Å². The van der Waals surface area contributed by atoms with Gasteiger partial charge in [0.2, 0.25) is 0 Å². The molecule has 22 heavy (non-hydrogen) atoms. The topological polar surface area (TPSA) is 46.5 Å². The molecule has 124 valence electrons. The number of aryl methyl sites for hydroxylation is 1. The van der Waals surface area contributed by atoms with Gasteiger partial charge < -0.3 is 9.84 Å². The maximum Gasteiger partial charge on any atom is 0.437 e. The predicted octanol–water partition coefficient (Wildman–Crippen LogP) is 3.15. The third-order valence-electron chi connectivity index (χ3n) is 2.92. The van der Waals surface area contributed by atoms with E-state index in [2.05, 4.69) is 4.74 Å². The Morgan fingerprint density at radius 2 is 1.41 bits per heavy atom. The first-order chi connectivity index (χ1) is 9.93. The van der Waals surface area contributed by atoms with E-state index in [-0.39, 0.29) is 5.56 Å². The molecule has 0 saturated carbocycles. The molecule has 3 nitrogen and oxygen atoms in total. The summed E-state index contributed by atoms with van der Waals surface area (Å²) in [5, 5.41) is 8.79. The first-order valence-electron chi connectivity index (χ1n) is 6.04. The number of ether oxygens (including phenoxy) is 1. The number of carbonyl (C=O) groups is 1. The lowest BCUT2D eigenvalue weighted by molar-refractivity contribution is -0.357. The largest absolute Gasteiger partial charge is 0.458 e. The predicted molar refractivity (Wildman–Crippen MR) is 62.7 cm³/mol. The van der Waals surface area contributed by atoms with Crippen molar-refractivity contribution in [3.05, 3.63) is 35.4 Å². The number of hydrogen-bond acceptors (Lipinski definition) is 3. The van der Waals surface area contributed by atoms with Gasteiger partial charge in [-0.25, -0.2) is 4.79 Å². The van der Waals surface area contributed by atoms with Crippen LogP contribution in [0.2, 0.25) is 0 Å². The molecule has 0 heterocycles. The molecule has 0 amide bonds. The first-order valence-corrected chi connectivity index (χ1v) is 6.04. The van der Waals surface area contributed by atoms with Crippen LogP contribution in [-0.4, -0.2) is 29.0 Å². The molecule has 9 heteroatoms. The molecule has 0 aliphatic rings. The van der Waals surface area contributed by atoms with Gasteiger partial charge in [-0.05, 0) is 17.5 Å². The van der Waals surface area contributed by atoms with Crippen molar-refractivity contribution in [3.63, 3.8) is 0 Å². The highest BCUT2D eigenvalue weighted by molar-refractivity contribution is 5.81. The number of aliphatic hydroxyl groups is 1. The summed E-state index contributed by atoms with van der Waals surface area (Å²) in [6.45, 7) is 1.03. The molecule has 0 aliphatic heterocycles. The fraction of sp³-hybridized carbons (Fsp3) is 0.462. The molecule has 1 aromatic carbocycles. The van der Waals surface area contributed by atoms with Crippen molar-refractivity contribution in [1.29, 1.82) is 0 Å². The van der Waals surface area contributed by atoms with Crippen molar-refractivity contribution in [1.82, 2.24) is 0 Å². The summed E-state index contributed by atoms with van der Waals surface area (Å²) >= 11 is 0. The fourth-order valence-corrected chi connectivity index (χ4v) is 1.52. The number of esters is 1. The van der Waals surface area contributed by atoms with Gasteiger partial charge in [0, 0.05) is 0 Å². The summed E-state index contributed by atoms with van der Waals surface area (Å²) in [5.74, 6) is -2.81. The molecule has 0 aliphatic carbocycles. The van der Waals surface area contributed by atoms with Crippen molar-refractivity contribution in [2.24, 2.45) is 0 Å². The highest BCUT2D eigenvalue weighted by Crippen LogP contribution is 2.43. The van der Waals surface area contributed by atoms with Crippen molar-refractivity contribution in [3.8, 4) is 0 Å². The van der Waals surface area contributed by atoms with Gasteiger partial charge in [-0.15, -0.1) is 0 Å². The molecule has 0 atom stereocenters. The number of alkyl halides is 6. The zero-order valence-corrected chi connectivity index (χ0v) is 11.3. The van der Waals surface area contributed by atoms with Gasteiger partial charge in [-0.3, -0.25) is 0 Å². The third-order valence-corrected chi connectivity index (χ3v) is 2.92. The van der Waals surface area contributed by atoms with Crippen molar-refractivity contribution < 1.29 is 41.0 Å². The Balaban J connectivity index is 2.89. The minimum atomic E-state index is -6.24. The van der Waals surface area contributed by atoms with Crippen molar-refractivity contribution in [2.45, 2.75) is 37.9 Å². The molecule has 0 aromatic heterocycles. The van der Waals surface area contributed by atoms with Gasteiger partial charge in [-0.1, -0.05) is 31.2 Å². The summed E-state index contributed by atoms with van der Waals surface area (Å²) in [6, 6.07) is 5.96. The highest BCUT2D eigenvalue weighted by atomic mass is 19.4. The summed E-state index contributed by atoms with van der Waals surface area (Å²) in [6.07, 6.45) is -11.8. The average molecular weight is 330 g/mol. The maximum absolute atomic E-state index is 12.4. The fourth-order valence-electron chi connectivity index (χ4n) is 1.52. The molecule has 0 bridgehead atoms. The number of halogens is 6. The number of benzene rings is 1. The van der Waals surface area contributed by atoms with E-state index < -0.39 is 30.5 Å². The zero-order valence-electron chi connectivity index (χ0n) is 11.3. The summed E-state index contributed by atoms with van der Waals surface area (Å²) in [7, 11) is 0. The van der Waals surface area contributed by atoms with E-state index in [4.69, 9.17) is 5.11 Å². The molecule has 0 saturated heterocycles. The van der Waals surface area contributed by atoms with Crippen LogP contribution >= 0.6 is 0 Å². The lowest BCUT2D eigenvalue weighted by Gasteiger charge is -2.29. The van der Waals surface area contributed by atoms with E-state index in [1.807, 2.05) is 6.92 Å². The van der Waals surface area contributed by atoms with Crippen LogP contribution in [0.25, 0.3) is 0 Å². The maximum atomic E-state index is 12.4. The smallest absolute Gasteiger partial charge is 0.437 e. The molecule has 1 N–H and O–H groups in total. The second-order valence-electron chi connectivity index (χ2n) is 4.45. The second-order valence-corrected chi connectivity index (χ2v) is 4.45. The summed E-state index contributed by atoms with van der Waals surface area (Å²) < 4.78 is 78.4. The summed E-state index contributed by atoms with van der Waals surface area (Å²) in [4.78, 5) is 11.1. The summed E-state index contributed by atoms with van der Waals surface area (Å²) in [5.41, 5.74) is -4.47. The minimum Gasteiger partial charge on any atom is -0.458 e. The number of carbonyl (C=O) groups excluding carboxylic acids is 1. The quantitative estimate of drug-likeness (QED) is 0.681. The molecular formula is C13H12F6O3. The Morgan fingerprint density at radius 1 is 1.00 bits per heavy atom. The van der Waals surface area contributed by atoms with E-state index >= 15 is 0 Å². The van der Waals surface area contributed by atoms with Crippen LogP contribution in [0.15, 0.2) is 24.3 Å².